The second kappa shape index (κ2) is 10.7. The summed E-state index contributed by atoms with van der Waals surface area (Å²) in [5.41, 5.74) is 4.56. The monoisotopic (exact) mass is 348 g/mol. The molecule has 134 valence electrons. The smallest absolute Gasteiger partial charge is 0.119 e. The molecule has 2 rings (SSSR count). The Morgan fingerprint density at radius 2 is 1.75 bits per heavy atom. The molecule has 0 aromatic heterocycles. The topological polar surface area (TPSA) is 24.5 Å². The van der Waals surface area contributed by atoms with Gasteiger partial charge in [0.15, 0.2) is 0 Å². The molecule has 0 atom stereocenters. The molecule has 24 heavy (non-hydrogen) atoms. The first-order valence-electron chi connectivity index (χ1n) is 9.34. The van der Waals surface area contributed by atoms with Gasteiger partial charge in [-0.05, 0) is 42.0 Å². The molecule has 0 unspecified atom stereocenters. The zero-order valence-electron chi connectivity index (χ0n) is 15.4. The molecule has 0 spiro atoms. The van der Waals surface area contributed by atoms with Crippen molar-refractivity contribution in [3.63, 3.8) is 0 Å². The molecule has 0 aliphatic carbocycles. The third-order valence-corrected chi connectivity index (χ3v) is 5.01. The highest BCUT2D eigenvalue weighted by Gasteiger charge is 2.17. The van der Waals surface area contributed by atoms with Gasteiger partial charge in [-0.15, -0.1) is 0 Å². The van der Waals surface area contributed by atoms with E-state index in [1.54, 1.807) is 11.9 Å². The minimum atomic E-state index is 0.649. The van der Waals surface area contributed by atoms with Gasteiger partial charge in [0.1, 0.15) is 5.75 Å². The van der Waals surface area contributed by atoms with Crippen LogP contribution >= 0.6 is 11.9 Å². The number of nitrogens with zero attached hydrogens (tertiary/aromatic N) is 1. The lowest BCUT2D eigenvalue weighted by molar-refractivity contribution is 0.304. The van der Waals surface area contributed by atoms with E-state index < -0.39 is 0 Å². The van der Waals surface area contributed by atoms with E-state index in [0.717, 1.165) is 25.3 Å². The van der Waals surface area contributed by atoms with Crippen LogP contribution in [0.3, 0.4) is 0 Å². The van der Waals surface area contributed by atoms with Crippen molar-refractivity contribution in [2.24, 2.45) is 5.92 Å². The molecule has 3 nitrogen and oxygen atoms in total. The van der Waals surface area contributed by atoms with Crippen LogP contribution in [0.25, 0.3) is 4.91 Å². The van der Waals surface area contributed by atoms with Crippen molar-refractivity contribution in [1.29, 1.82) is 0 Å². The summed E-state index contributed by atoms with van der Waals surface area (Å²) in [6.45, 7) is 8.58. The van der Waals surface area contributed by atoms with Gasteiger partial charge in [-0.3, -0.25) is 0 Å². The lowest BCUT2D eigenvalue weighted by atomic mass is 10.1. The van der Waals surface area contributed by atoms with E-state index in [9.17, 15) is 0 Å². The van der Waals surface area contributed by atoms with Gasteiger partial charge >= 0.3 is 0 Å². The Morgan fingerprint density at radius 3 is 2.46 bits per heavy atom. The maximum atomic E-state index is 5.85. The van der Waals surface area contributed by atoms with Crippen molar-refractivity contribution < 1.29 is 4.74 Å². The van der Waals surface area contributed by atoms with E-state index in [4.69, 9.17) is 4.74 Å². The largest absolute Gasteiger partial charge is 0.494 e. The number of unbranched alkanes of at least 4 members (excludes halogenated alkanes) is 5. The molecule has 1 heterocycles. The van der Waals surface area contributed by atoms with Crippen LogP contribution in [0.2, 0.25) is 0 Å². The Morgan fingerprint density at radius 1 is 1.04 bits per heavy atom. The van der Waals surface area contributed by atoms with Gasteiger partial charge in [0.25, 0.3) is 0 Å². The predicted molar refractivity (Wildman–Crippen MR) is 106 cm³/mol. The molecule has 1 aliphatic rings. The van der Waals surface area contributed by atoms with Crippen LogP contribution in [0, 0.1) is 5.92 Å². The van der Waals surface area contributed by atoms with Crippen molar-refractivity contribution in [3.8, 4) is 5.75 Å². The van der Waals surface area contributed by atoms with Gasteiger partial charge in [0.05, 0.1) is 6.61 Å². The molecule has 0 amide bonds. The van der Waals surface area contributed by atoms with Gasteiger partial charge in [-0.2, -0.15) is 4.41 Å². The molecule has 0 bridgehead atoms. The summed E-state index contributed by atoms with van der Waals surface area (Å²) in [5.74, 6) is 1.62. The molecule has 1 N–H and O–H groups in total. The van der Waals surface area contributed by atoms with Gasteiger partial charge in [-0.25, -0.2) is 0 Å². The first-order chi connectivity index (χ1) is 11.7. The van der Waals surface area contributed by atoms with Gasteiger partial charge in [0, 0.05) is 17.6 Å². The maximum absolute atomic E-state index is 5.85. The lowest BCUT2D eigenvalue weighted by Gasteiger charge is -2.16. The van der Waals surface area contributed by atoms with Gasteiger partial charge in [-0.1, -0.05) is 65.0 Å². The highest BCUT2D eigenvalue weighted by Crippen LogP contribution is 2.34. The molecule has 0 saturated heterocycles. The summed E-state index contributed by atoms with van der Waals surface area (Å²) in [6.07, 6.45) is 9.88. The predicted octanol–water partition coefficient (Wildman–Crippen LogP) is 5.85. The van der Waals surface area contributed by atoms with Gasteiger partial charge < -0.3 is 10.2 Å². The molecule has 1 aliphatic heterocycles. The third kappa shape index (κ3) is 6.78. The molecule has 0 saturated carbocycles. The number of hydrazine groups is 1. The Bertz CT molecular complexity index is 499. The number of benzene rings is 1. The minimum absolute atomic E-state index is 0.649. The number of ether oxygens (including phenoxy) is 1. The highest BCUT2D eigenvalue weighted by atomic mass is 32.2. The molecule has 1 aromatic rings. The van der Waals surface area contributed by atoms with Crippen LogP contribution in [-0.2, 0) is 0 Å². The quantitative estimate of drug-likeness (QED) is 0.400. The average Bonchev–Trinajstić information content (AvgIpc) is 3.02. The zero-order chi connectivity index (χ0) is 17.2. The number of rotatable bonds is 11. The first kappa shape index (κ1) is 19.2. The van der Waals surface area contributed by atoms with E-state index in [1.165, 1.54) is 42.6 Å². The fraction of sp³-hybridized carbons (Fsp3) is 0.600. The van der Waals surface area contributed by atoms with Crippen LogP contribution < -0.4 is 10.2 Å². The van der Waals surface area contributed by atoms with Crippen LogP contribution in [0.15, 0.2) is 30.5 Å². The molecule has 4 heteroatoms. The first-order valence-corrected chi connectivity index (χ1v) is 10.1. The van der Waals surface area contributed by atoms with E-state index >= 15 is 0 Å². The molecule has 0 fully saturated rings. The van der Waals surface area contributed by atoms with Crippen LogP contribution in [0.4, 0.5) is 0 Å². The molecule has 1 aromatic carbocycles. The van der Waals surface area contributed by atoms with E-state index in [-0.39, 0.29) is 0 Å². The number of hydrogen-bond donors (Lipinski definition) is 1. The van der Waals surface area contributed by atoms with Crippen LogP contribution in [-0.4, -0.2) is 17.6 Å². The van der Waals surface area contributed by atoms with Crippen molar-refractivity contribution in [3.05, 3.63) is 36.0 Å². The summed E-state index contributed by atoms with van der Waals surface area (Å²) in [7, 11) is 0. The maximum Gasteiger partial charge on any atom is 0.119 e. The second-order valence-corrected chi connectivity index (χ2v) is 7.89. The SMILES string of the molecule is CCCCCCCCOc1ccc(C2=CNN(CC(C)C)S2)cc1. The van der Waals surface area contributed by atoms with Crippen molar-refractivity contribution in [1.82, 2.24) is 9.84 Å². The normalized spacial score (nSPS) is 14.8. The molecule has 0 radical (unpaired) electrons. The van der Waals surface area contributed by atoms with Gasteiger partial charge in [0.2, 0.25) is 0 Å². The summed E-state index contributed by atoms with van der Waals surface area (Å²) in [6, 6.07) is 8.46. The Labute approximate surface area is 151 Å². The van der Waals surface area contributed by atoms with Crippen molar-refractivity contribution >= 4 is 16.9 Å². The number of hydrogen-bond acceptors (Lipinski definition) is 4. The average molecular weight is 349 g/mol. The fourth-order valence-corrected chi connectivity index (χ4v) is 3.71. The number of nitrogens with one attached hydrogen (secondary N) is 1. The Kier molecular flexibility index (Phi) is 8.54. The lowest BCUT2D eigenvalue weighted by Crippen LogP contribution is -2.27. The Hall–Kier alpha value is -1.13. The Balaban J connectivity index is 1.68. The summed E-state index contributed by atoms with van der Waals surface area (Å²) >= 11 is 1.77. The molecular formula is C20H32N2OS. The van der Waals surface area contributed by atoms with E-state index in [1.807, 2.05) is 0 Å². The second-order valence-electron chi connectivity index (χ2n) is 6.82. The van der Waals surface area contributed by atoms with Crippen molar-refractivity contribution in [2.75, 3.05) is 13.2 Å². The minimum Gasteiger partial charge on any atom is -0.494 e. The van der Waals surface area contributed by atoms with E-state index in [0.29, 0.717) is 5.92 Å². The zero-order valence-corrected chi connectivity index (χ0v) is 16.2. The standard InChI is InChI=1S/C20H32N2OS/c1-4-5-6-7-8-9-14-23-19-12-10-18(11-13-19)20-15-21-22(24-20)16-17(2)3/h10-13,15,17,21H,4-9,14,16H2,1-3H3. The van der Waals surface area contributed by atoms with Crippen LogP contribution in [0.5, 0.6) is 5.75 Å². The summed E-state index contributed by atoms with van der Waals surface area (Å²) in [4.78, 5) is 1.26. The molecular weight excluding hydrogens is 316 g/mol. The van der Waals surface area contributed by atoms with E-state index in [2.05, 4.69) is 61.1 Å². The highest BCUT2D eigenvalue weighted by molar-refractivity contribution is 8.06. The summed E-state index contributed by atoms with van der Waals surface area (Å²) < 4.78 is 8.04. The van der Waals surface area contributed by atoms with Crippen LogP contribution in [0.1, 0.15) is 64.9 Å². The third-order valence-electron chi connectivity index (χ3n) is 3.98. The van der Waals surface area contributed by atoms with Crippen molar-refractivity contribution in [2.45, 2.75) is 59.3 Å². The summed E-state index contributed by atoms with van der Waals surface area (Å²) in [5, 5.41) is 0. The fourth-order valence-electron chi connectivity index (χ4n) is 2.65.